The zero-order valence-corrected chi connectivity index (χ0v) is 22.2. The summed E-state index contributed by atoms with van der Waals surface area (Å²) in [5.41, 5.74) is 12.4. The van der Waals surface area contributed by atoms with Crippen molar-refractivity contribution in [3.8, 4) is 0 Å². The maximum atomic E-state index is 10.0. The number of ether oxygens (including phenoxy) is 2. The Labute approximate surface area is 238 Å². The molecule has 0 spiro atoms. The molecule has 0 amide bonds. The molecule has 0 saturated carbocycles. The number of fused-ring (bicyclic) bond motifs is 2. The fourth-order valence-corrected chi connectivity index (χ4v) is 4.96. The topological polar surface area (TPSA) is 311 Å². The fraction of sp³-hybridized carbons (Fsp3) is 0.500. The lowest BCUT2D eigenvalue weighted by Crippen LogP contribution is -2.33. The molecular formula is C20H26Cl2N10O9. The van der Waals surface area contributed by atoms with E-state index in [-0.39, 0.29) is 50.0 Å². The smallest absolute Gasteiger partial charge is 0.207 e. The Balaban J connectivity index is 0.000000184. The highest BCUT2D eigenvalue weighted by atomic mass is 35.5. The number of hydrogen-bond acceptors (Lipinski definition) is 16. The summed E-state index contributed by atoms with van der Waals surface area (Å²) in [7, 11) is 0. The van der Waals surface area contributed by atoms with Crippen molar-refractivity contribution in [3.05, 3.63) is 23.2 Å². The Morgan fingerprint density at radius 3 is 1.37 bits per heavy atom. The molecular weight excluding hydrogens is 595 g/mol. The lowest BCUT2D eigenvalue weighted by Gasteiger charge is -2.17. The lowest BCUT2D eigenvalue weighted by molar-refractivity contribution is -0.0509. The van der Waals surface area contributed by atoms with E-state index in [9.17, 15) is 20.4 Å². The zero-order valence-electron chi connectivity index (χ0n) is 20.7. The van der Waals surface area contributed by atoms with Gasteiger partial charge in [0.05, 0.1) is 13.2 Å². The first kappa shape index (κ1) is 30.9. The average molecular weight is 621 g/mol. The summed E-state index contributed by atoms with van der Waals surface area (Å²) in [6.07, 6.45) is -6.44. The molecule has 4 aromatic heterocycles. The molecule has 4 aromatic rings. The van der Waals surface area contributed by atoms with Gasteiger partial charge in [-0.3, -0.25) is 9.13 Å². The van der Waals surface area contributed by atoms with Crippen molar-refractivity contribution in [2.45, 2.75) is 49.1 Å². The van der Waals surface area contributed by atoms with Crippen LogP contribution in [0.2, 0.25) is 10.6 Å². The molecule has 21 heteroatoms. The molecule has 2 fully saturated rings. The van der Waals surface area contributed by atoms with Crippen molar-refractivity contribution in [1.29, 1.82) is 0 Å². The molecule has 2 saturated heterocycles. The van der Waals surface area contributed by atoms with Crippen molar-refractivity contribution in [3.63, 3.8) is 0 Å². The number of halogens is 2. The minimum atomic E-state index is -1.28. The van der Waals surface area contributed by atoms with E-state index in [1.165, 1.54) is 21.8 Å². The van der Waals surface area contributed by atoms with E-state index in [0.29, 0.717) is 0 Å². The predicted molar refractivity (Wildman–Crippen MR) is 139 cm³/mol. The maximum Gasteiger partial charge on any atom is 0.207 e. The van der Waals surface area contributed by atoms with Crippen molar-refractivity contribution in [1.82, 2.24) is 39.0 Å². The van der Waals surface area contributed by atoms with E-state index in [0.717, 1.165) is 0 Å². The molecule has 6 rings (SSSR count). The van der Waals surface area contributed by atoms with E-state index in [1.54, 1.807) is 0 Å². The lowest BCUT2D eigenvalue weighted by atomic mass is 10.1. The van der Waals surface area contributed by atoms with Gasteiger partial charge >= 0.3 is 0 Å². The van der Waals surface area contributed by atoms with Gasteiger partial charge in [-0.2, -0.15) is 0 Å². The molecule has 6 heterocycles. The normalized spacial score (nSPS) is 29.5. The molecule has 19 nitrogen and oxygen atoms in total. The van der Waals surface area contributed by atoms with Crippen LogP contribution in [0, 0.1) is 0 Å². The third-order valence-corrected chi connectivity index (χ3v) is 7.00. The van der Waals surface area contributed by atoms with Gasteiger partial charge in [-0.25, -0.2) is 29.9 Å². The van der Waals surface area contributed by atoms with Crippen LogP contribution in [0.25, 0.3) is 22.3 Å². The van der Waals surface area contributed by atoms with Gasteiger partial charge in [-0.05, 0) is 23.2 Å². The number of nitrogen functional groups attached to an aromatic ring is 2. The average Bonchev–Trinajstić information content (AvgIpc) is 3.62. The Morgan fingerprint density at radius 1 is 0.683 bits per heavy atom. The second kappa shape index (κ2) is 12.0. The summed E-state index contributed by atoms with van der Waals surface area (Å²) in [6, 6.07) is 0. The van der Waals surface area contributed by atoms with Gasteiger partial charge in [0.15, 0.2) is 46.4 Å². The molecule has 0 bridgehead atoms. The van der Waals surface area contributed by atoms with Crippen molar-refractivity contribution < 1.29 is 45.6 Å². The summed E-state index contributed by atoms with van der Waals surface area (Å²) in [4.78, 5) is 23.6. The second-order valence-electron chi connectivity index (χ2n) is 8.82. The minimum absolute atomic E-state index is 0. The number of rotatable bonds is 4. The van der Waals surface area contributed by atoms with E-state index < -0.39 is 62.3 Å². The molecule has 224 valence electrons. The van der Waals surface area contributed by atoms with E-state index >= 15 is 0 Å². The Kier molecular flexibility index (Phi) is 9.06. The van der Waals surface area contributed by atoms with Crippen LogP contribution in [0.1, 0.15) is 12.5 Å². The first-order valence-electron chi connectivity index (χ1n) is 11.6. The number of hydrogen-bond donors (Lipinski definition) is 8. The number of aliphatic hydroxyl groups excluding tert-OH is 6. The molecule has 0 radical (unpaired) electrons. The molecule has 8 atom stereocenters. The quantitative estimate of drug-likeness (QED) is 0.103. The third-order valence-electron chi connectivity index (χ3n) is 6.47. The van der Waals surface area contributed by atoms with Gasteiger partial charge in [-0.15, -0.1) is 0 Å². The molecule has 12 N–H and O–H groups in total. The van der Waals surface area contributed by atoms with Crippen molar-refractivity contribution in [2.75, 3.05) is 24.7 Å². The SMILES string of the molecule is Nc1ncnc2c1nc(Cl)n2[C@@H]1O[C@H](CO)[C@@H](O)[C@H]1O.Nc1ncnc2c1nc(Cl)n2[C@@H]1O[C@H](CO)[C@@H](O)[C@H]1O.O. The van der Waals surface area contributed by atoms with Gasteiger partial charge in [0.25, 0.3) is 0 Å². The van der Waals surface area contributed by atoms with Crippen molar-refractivity contribution >= 4 is 57.2 Å². The summed E-state index contributed by atoms with van der Waals surface area (Å²) in [6.45, 7) is -0.869. The minimum Gasteiger partial charge on any atom is -0.412 e. The molecule has 2 aliphatic heterocycles. The molecule has 41 heavy (non-hydrogen) atoms. The van der Waals surface area contributed by atoms with Crippen LogP contribution in [0.15, 0.2) is 12.7 Å². The summed E-state index contributed by atoms with van der Waals surface area (Å²) < 4.78 is 13.4. The maximum absolute atomic E-state index is 10.0. The Morgan fingerprint density at radius 2 is 1.05 bits per heavy atom. The highest BCUT2D eigenvalue weighted by Crippen LogP contribution is 2.36. The van der Waals surface area contributed by atoms with Crippen molar-refractivity contribution in [2.24, 2.45) is 0 Å². The summed E-state index contributed by atoms with van der Waals surface area (Å²) >= 11 is 12.0. The van der Waals surface area contributed by atoms with E-state index in [2.05, 4.69) is 29.9 Å². The number of aromatic nitrogens is 8. The van der Waals surface area contributed by atoms with E-state index in [1.807, 2.05) is 0 Å². The van der Waals surface area contributed by atoms with Crippen LogP contribution in [0.5, 0.6) is 0 Å². The fourth-order valence-electron chi connectivity index (χ4n) is 4.44. The van der Waals surface area contributed by atoms with Crippen LogP contribution in [-0.2, 0) is 9.47 Å². The van der Waals surface area contributed by atoms with Gasteiger partial charge in [0, 0.05) is 0 Å². The van der Waals surface area contributed by atoms with Crippen LogP contribution in [0.4, 0.5) is 11.6 Å². The number of anilines is 2. The Hall–Kier alpha value is -3.08. The van der Waals surface area contributed by atoms with Crippen LogP contribution < -0.4 is 11.5 Å². The standard InChI is InChI=1S/2C10H12ClN5O4.H2O/c2*11-10-15-4-7(12)13-2-14-8(4)16(10)9-6(19)5(18)3(1-17)20-9;/h2*2-3,5-6,9,17-19H,1H2,(H2,12,13,14);1H2/t2*3-,5-,6-,9-;/m11./s1. The highest BCUT2D eigenvalue weighted by molar-refractivity contribution is 6.29. The van der Waals surface area contributed by atoms with Gasteiger partial charge in [0.2, 0.25) is 10.6 Å². The zero-order chi connectivity index (χ0) is 28.9. The first-order chi connectivity index (χ1) is 19.1. The third kappa shape index (κ3) is 5.21. The van der Waals surface area contributed by atoms with Crippen LogP contribution in [-0.4, -0.2) is 125 Å². The van der Waals surface area contributed by atoms with E-state index in [4.69, 9.17) is 54.4 Å². The number of imidazole rings is 2. The summed E-state index contributed by atoms with van der Waals surface area (Å²) in [5, 5.41) is 57.8. The largest absolute Gasteiger partial charge is 0.412 e. The van der Waals surface area contributed by atoms with Crippen LogP contribution >= 0.6 is 23.2 Å². The highest BCUT2D eigenvalue weighted by Gasteiger charge is 2.46. The van der Waals surface area contributed by atoms with Gasteiger partial charge < -0.3 is 57.1 Å². The summed E-state index contributed by atoms with van der Waals surface area (Å²) in [5.74, 6) is 0.282. The van der Waals surface area contributed by atoms with Crippen LogP contribution in [0.3, 0.4) is 0 Å². The molecule has 0 aromatic carbocycles. The number of aliphatic hydroxyl groups is 6. The first-order valence-corrected chi connectivity index (χ1v) is 12.4. The molecule has 0 unspecified atom stereocenters. The number of nitrogens with two attached hydrogens (primary N) is 2. The molecule has 0 aliphatic carbocycles. The van der Waals surface area contributed by atoms with Gasteiger partial charge in [0.1, 0.15) is 49.3 Å². The molecule has 2 aliphatic rings. The number of nitrogens with zero attached hydrogens (tertiary/aromatic N) is 8. The Bertz CT molecular complexity index is 1410. The monoisotopic (exact) mass is 620 g/mol. The second-order valence-corrected chi connectivity index (χ2v) is 9.50. The predicted octanol–water partition coefficient (Wildman–Crippen LogP) is -3.48. The van der Waals surface area contributed by atoms with Gasteiger partial charge in [-0.1, -0.05) is 0 Å².